The zero-order chi connectivity index (χ0) is 17.5. The summed E-state index contributed by atoms with van der Waals surface area (Å²) in [5.41, 5.74) is 1.88. The van der Waals surface area contributed by atoms with Crippen molar-refractivity contribution in [3.8, 4) is 0 Å². The molecule has 126 valence electrons. The minimum absolute atomic E-state index is 0.0166. The number of quaternary nitrogens is 1. The molecule has 0 radical (unpaired) electrons. The minimum atomic E-state index is -0.533. The molecule has 0 aromatic heterocycles. The Labute approximate surface area is 146 Å². The van der Waals surface area contributed by atoms with Gasteiger partial charge in [-0.15, -0.1) is 0 Å². The maximum absolute atomic E-state index is 12.5. The van der Waals surface area contributed by atoms with Crippen molar-refractivity contribution in [1.29, 1.82) is 0 Å². The molecule has 0 saturated carbocycles. The van der Waals surface area contributed by atoms with Gasteiger partial charge in [0.2, 0.25) is 0 Å². The highest BCUT2D eigenvalue weighted by molar-refractivity contribution is 6.30. The molecule has 0 heterocycles. The molecule has 3 amide bonds. The molecule has 5 nitrogen and oxygen atoms in total. The number of carbonyl (C=O) groups excluding carboxylic acids is 2. The number of benzene rings is 2. The van der Waals surface area contributed by atoms with E-state index in [1.165, 1.54) is 7.05 Å². The van der Waals surface area contributed by atoms with Crippen LogP contribution in [0.3, 0.4) is 0 Å². The first-order valence-corrected chi connectivity index (χ1v) is 8.07. The van der Waals surface area contributed by atoms with E-state index in [0.717, 1.165) is 11.1 Å². The maximum atomic E-state index is 12.5. The molecule has 0 unspecified atom stereocenters. The summed E-state index contributed by atoms with van der Waals surface area (Å²) in [6, 6.07) is 15.9. The number of hydrogen-bond donors (Lipinski definition) is 3. The van der Waals surface area contributed by atoms with Gasteiger partial charge in [-0.1, -0.05) is 54.1 Å². The number of carbonyl (C=O) groups is 2. The lowest BCUT2D eigenvalue weighted by Gasteiger charge is -2.20. The van der Waals surface area contributed by atoms with Gasteiger partial charge in [-0.2, -0.15) is 0 Å². The molecule has 0 saturated heterocycles. The fraction of sp³-hybridized carbons (Fsp3) is 0.222. The number of rotatable bonds is 5. The zero-order valence-corrected chi connectivity index (χ0v) is 14.4. The number of nitrogens with two attached hydrogens (primary N) is 1. The van der Waals surface area contributed by atoms with E-state index in [1.807, 2.05) is 66.8 Å². The molecule has 0 fully saturated rings. The van der Waals surface area contributed by atoms with Crippen LogP contribution in [-0.2, 0) is 4.79 Å². The van der Waals surface area contributed by atoms with Crippen LogP contribution in [0, 0.1) is 0 Å². The lowest BCUT2D eigenvalue weighted by molar-refractivity contribution is -0.719. The summed E-state index contributed by atoms with van der Waals surface area (Å²) in [4.78, 5) is 24.0. The second kappa shape index (κ2) is 8.47. The van der Waals surface area contributed by atoms with Crippen LogP contribution in [0.1, 0.15) is 30.1 Å². The van der Waals surface area contributed by atoms with Crippen molar-refractivity contribution in [2.45, 2.75) is 19.0 Å². The summed E-state index contributed by atoms with van der Waals surface area (Å²) in [5.74, 6) is -0.360. The summed E-state index contributed by atoms with van der Waals surface area (Å²) >= 11 is 5.92. The molecule has 0 bridgehead atoms. The van der Waals surface area contributed by atoms with Crippen molar-refractivity contribution in [1.82, 2.24) is 10.6 Å². The van der Waals surface area contributed by atoms with Gasteiger partial charge < -0.3 is 10.6 Å². The van der Waals surface area contributed by atoms with Crippen LogP contribution in [0.2, 0.25) is 5.02 Å². The van der Waals surface area contributed by atoms with Gasteiger partial charge in [0.05, 0.1) is 0 Å². The van der Waals surface area contributed by atoms with Gasteiger partial charge in [0.1, 0.15) is 6.04 Å². The normalized spacial score (nSPS) is 13.0. The first-order chi connectivity index (χ1) is 11.5. The highest BCUT2D eigenvalue weighted by atomic mass is 35.5. The number of amides is 3. The number of imide groups is 1. The Hall–Kier alpha value is -2.37. The zero-order valence-electron chi connectivity index (χ0n) is 13.6. The summed E-state index contributed by atoms with van der Waals surface area (Å²) in [6.45, 7) is 2.01. The molecule has 0 aliphatic heterocycles. The van der Waals surface area contributed by atoms with Crippen LogP contribution >= 0.6 is 11.6 Å². The van der Waals surface area contributed by atoms with E-state index in [-0.39, 0.29) is 11.9 Å². The van der Waals surface area contributed by atoms with Gasteiger partial charge in [0, 0.05) is 23.2 Å². The average Bonchev–Trinajstić information content (AvgIpc) is 2.60. The van der Waals surface area contributed by atoms with Crippen molar-refractivity contribution in [2.75, 3.05) is 7.05 Å². The number of nitrogens with one attached hydrogen (secondary N) is 2. The minimum Gasteiger partial charge on any atom is -0.341 e. The fourth-order valence-electron chi connectivity index (χ4n) is 2.43. The molecule has 0 aliphatic rings. The SMILES string of the molecule is CNC(=O)NC(=O)[C@H]([NH2+][C@@H](C)c1ccc(Cl)cc1)c1ccccc1. The maximum Gasteiger partial charge on any atom is 0.321 e. The Morgan fingerprint density at radius 3 is 2.21 bits per heavy atom. The lowest BCUT2D eigenvalue weighted by Crippen LogP contribution is -2.88. The molecular formula is C18H21ClN3O2+. The van der Waals surface area contributed by atoms with E-state index in [4.69, 9.17) is 11.6 Å². The van der Waals surface area contributed by atoms with E-state index < -0.39 is 12.1 Å². The van der Waals surface area contributed by atoms with Crippen LogP contribution < -0.4 is 16.0 Å². The number of hydrogen-bond acceptors (Lipinski definition) is 2. The monoisotopic (exact) mass is 346 g/mol. The van der Waals surface area contributed by atoms with Crippen molar-refractivity contribution < 1.29 is 14.9 Å². The molecule has 0 aliphatic carbocycles. The third-order valence-electron chi connectivity index (χ3n) is 3.78. The highest BCUT2D eigenvalue weighted by Gasteiger charge is 2.28. The lowest BCUT2D eigenvalue weighted by atomic mass is 10.0. The molecule has 2 rings (SSSR count). The van der Waals surface area contributed by atoms with Gasteiger partial charge in [0.25, 0.3) is 5.91 Å². The summed E-state index contributed by atoms with van der Waals surface area (Å²) in [5, 5.41) is 7.34. The first-order valence-electron chi connectivity index (χ1n) is 7.69. The van der Waals surface area contributed by atoms with Crippen molar-refractivity contribution >= 4 is 23.5 Å². The standard InChI is InChI=1S/C18H20ClN3O2/c1-12(13-8-10-15(19)11-9-13)21-16(14-6-4-3-5-7-14)17(23)22-18(24)20-2/h3-12,16,21H,1-2H3,(H2,20,22,23,24)/p+1/t12-,16+/m0/s1. The highest BCUT2D eigenvalue weighted by Crippen LogP contribution is 2.16. The summed E-state index contributed by atoms with van der Waals surface area (Å²) < 4.78 is 0. The van der Waals surface area contributed by atoms with Crippen LogP contribution in [-0.4, -0.2) is 19.0 Å². The summed E-state index contributed by atoms with van der Waals surface area (Å²) in [6.07, 6.45) is 0. The Morgan fingerprint density at radius 1 is 1.00 bits per heavy atom. The molecule has 2 aromatic rings. The van der Waals surface area contributed by atoms with Crippen molar-refractivity contribution in [3.05, 3.63) is 70.7 Å². The predicted octanol–water partition coefficient (Wildman–Crippen LogP) is 2.16. The number of urea groups is 1. The fourth-order valence-corrected chi connectivity index (χ4v) is 2.55. The topological polar surface area (TPSA) is 74.8 Å². The molecule has 0 spiro atoms. The number of halogens is 1. The van der Waals surface area contributed by atoms with E-state index in [2.05, 4.69) is 10.6 Å². The third-order valence-corrected chi connectivity index (χ3v) is 4.03. The molecule has 2 atom stereocenters. The van der Waals surface area contributed by atoms with Gasteiger partial charge in [-0.3, -0.25) is 10.1 Å². The third kappa shape index (κ3) is 4.81. The van der Waals surface area contributed by atoms with Gasteiger partial charge in [-0.25, -0.2) is 4.79 Å². The van der Waals surface area contributed by atoms with Crippen molar-refractivity contribution in [2.24, 2.45) is 0 Å². The summed E-state index contributed by atoms with van der Waals surface area (Å²) in [7, 11) is 1.47. The molecular weight excluding hydrogens is 326 g/mol. The second-order valence-corrected chi connectivity index (χ2v) is 5.93. The average molecular weight is 347 g/mol. The van der Waals surface area contributed by atoms with E-state index in [0.29, 0.717) is 5.02 Å². The Bertz CT molecular complexity index is 689. The van der Waals surface area contributed by atoms with Crippen LogP contribution in [0.25, 0.3) is 0 Å². The largest absolute Gasteiger partial charge is 0.341 e. The molecule has 6 heteroatoms. The quantitative estimate of drug-likeness (QED) is 0.776. The first kappa shape index (κ1) is 18.0. The predicted molar refractivity (Wildman–Crippen MR) is 93.6 cm³/mol. The molecule has 4 N–H and O–H groups in total. The second-order valence-electron chi connectivity index (χ2n) is 5.49. The Morgan fingerprint density at radius 2 is 1.62 bits per heavy atom. The molecule has 24 heavy (non-hydrogen) atoms. The van der Waals surface area contributed by atoms with Gasteiger partial charge in [-0.05, 0) is 19.1 Å². The Kier molecular flexibility index (Phi) is 6.35. The van der Waals surface area contributed by atoms with Gasteiger partial charge in [0.15, 0.2) is 6.04 Å². The van der Waals surface area contributed by atoms with E-state index in [9.17, 15) is 9.59 Å². The van der Waals surface area contributed by atoms with Crippen LogP contribution in [0.4, 0.5) is 4.79 Å². The molecule has 2 aromatic carbocycles. The van der Waals surface area contributed by atoms with E-state index >= 15 is 0 Å². The van der Waals surface area contributed by atoms with E-state index in [1.54, 1.807) is 0 Å². The van der Waals surface area contributed by atoms with Crippen molar-refractivity contribution in [3.63, 3.8) is 0 Å². The van der Waals surface area contributed by atoms with Gasteiger partial charge >= 0.3 is 6.03 Å². The smallest absolute Gasteiger partial charge is 0.321 e. The Balaban J connectivity index is 2.20. The van der Waals surface area contributed by atoms with Crippen LogP contribution in [0.15, 0.2) is 54.6 Å². The van der Waals surface area contributed by atoms with Crippen LogP contribution in [0.5, 0.6) is 0 Å².